The molecule has 1 heterocycles. The lowest BCUT2D eigenvalue weighted by atomic mass is 9.99. The first-order valence-electron chi connectivity index (χ1n) is 5.16. The van der Waals surface area contributed by atoms with Crippen LogP contribution in [-0.4, -0.2) is 29.9 Å². The van der Waals surface area contributed by atoms with E-state index in [0.29, 0.717) is 18.9 Å². The fourth-order valence-electron chi connectivity index (χ4n) is 1.94. The fourth-order valence-corrected chi connectivity index (χ4v) is 1.94. The van der Waals surface area contributed by atoms with Crippen LogP contribution < -0.4 is 5.73 Å². The number of carbonyl (C=O) groups excluding carboxylic acids is 1. The zero-order chi connectivity index (χ0) is 9.84. The van der Waals surface area contributed by atoms with E-state index >= 15 is 0 Å². The maximum absolute atomic E-state index is 11.6. The number of nitrogens with two attached hydrogens (primary N) is 1. The summed E-state index contributed by atoms with van der Waals surface area (Å²) in [6, 6.07) is 0.243. The van der Waals surface area contributed by atoms with Gasteiger partial charge in [0.1, 0.15) is 0 Å². The van der Waals surface area contributed by atoms with E-state index in [1.165, 1.54) is 0 Å². The normalized spacial score (nSPS) is 20.9. The second-order valence-corrected chi connectivity index (χ2v) is 4.09. The number of hydrogen-bond acceptors (Lipinski definition) is 2. The van der Waals surface area contributed by atoms with E-state index in [2.05, 4.69) is 13.8 Å². The van der Waals surface area contributed by atoms with Crippen molar-refractivity contribution in [2.24, 2.45) is 11.7 Å². The number of nitrogens with zero attached hydrogens (tertiary/aromatic N) is 1. The lowest BCUT2D eigenvalue weighted by molar-refractivity contribution is -0.136. The van der Waals surface area contributed by atoms with Crippen LogP contribution in [-0.2, 0) is 4.79 Å². The lowest BCUT2D eigenvalue weighted by Crippen LogP contribution is -2.49. The molecule has 0 spiro atoms. The van der Waals surface area contributed by atoms with Gasteiger partial charge in [-0.3, -0.25) is 4.79 Å². The number of rotatable bonds is 3. The summed E-state index contributed by atoms with van der Waals surface area (Å²) in [5, 5.41) is 0. The molecule has 1 rings (SSSR count). The van der Waals surface area contributed by atoms with Gasteiger partial charge in [-0.05, 0) is 18.8 Å². The van der Waals surface area contributed by atoms with Gasteiger partial charge in [-0.1, -0.05) is 13.8 Å². The molecule has 0 aliphatic carbocycles. The van der Waals surface area contributed by atoms with Crippen LogP contribution in [0.3, 0.4) is 0 Å². The lowest BCUT2D eigenvalue weighted by Gasteiger charge is -2.36. The highest BCUT2D eigenvalue weighted by Crippen LogP contribution is 2.17. The topological polar surface area (TPSA) is 46.3 Å². The van der Waals surface area contributed by atoms with Crippen LogP contribution in [0, 0.1) is 5.92 Å². The van der Waals surface area contributed by atoms with Gasteiger partial charge in [0.2, 0.25) is 5.91 Å². The van der Waals surface area contributed by atoms with Crippen LogP contribution in [0.5, 0.6) is 0 Å². The van der Waals surface area contributed by atoms with Gasteiger partial charge in [-0.2, -0.15) is 0 Å². The Hall–Kier alpha value is -0.570. The molecule has 1 amide bonds. The molecule has 1 aliphatic heterocycles. The second kappa shape index (κ2) is 4.61. The highest BCUT2D eigenvalue weighted by atomic mass is 16.2. The van der Waals surface area contributed by atoms with Crippen molar-refractivity contribution in [3.05, 3.63) is 0 Å². The van der Waals surface area contributed by atoms with Crippen molar-refractivity contribution in [1.29, 1.82) is 0 Å². The van der Waals surface area contributed by atoms with Crippen molar-refractivity contribution in [1.82, 2.24) is 4.90 Å². The third-order valence-corrected chi connectivity index (χ3v) is 2.77. The van der Waals surface area contributed by atoms with Crippen LogP contribution in [0.4, 0.5) is 0 Å². The number of hydrogen-bond donors (Lipinski definition) is 1. The second-order valence-electron chi connectivity index (χ2n) is 4.09. The maximum Gasteiger partial charge on any atom is 0.222 e. The summed E-state index contributed by atoms with van der Waals surface area (Å²) in [4.78, 5) is 13.5. The Morgan fingerprint density at radius 2 is 2.15 bits per heavy atom. The Balaban J connectivity index is 2.60. The van der Waals surface area contributed by atoms with Gasteiger partial charge < -0.3 is 10.6 Å². The van der Waals surface area contributed by atoms with Gasteiger partial charge in [-0.15, -0.1) is 0 Å². The SMILES string of the molecule is CC(C)C(CN)N1CCCCC1=O. The summed E-state index contributed by atoms with van der Waals surface area (Å²) < 4.78 is 0. The number of carbonyl (C=O) groups is 1. The molecule has 3 nitrogen and oxygen atoms in total. The van der Waals surface area contributed by atoms with Crippen LogP contribution in [0.2, 0.25) is 0 Å². The van der Waals surface area contributed by atoms with E-state index in [9.17, 15) is 4.79 Å². The zero-order valence-electron chi connectivity index (χ0n) is 8.62. The van der Waals surface area contributed by atoms with Crippen LogP contribution in [0.15, 0.2) is 0 Å². The van der Waals surface area contributed by atoms with E-state index < -0.39 is 0 Å². The molecule has 0 aromatic rings. The standard InChI is InChI=1S/C10H20N2O/c1-8(2)9(7-11)12-6-4-3-5-10(12)13/h8-9H,3-7,11H2,1-2H3. The fraction of sp³-hybridized carbons (Fsp3) is 0.900. The molecule has 1 unspecified atom stereocenters. The Morgan fingerprint density at radius 3 is 2.62 bits per heavy atom. The molecular formula is C10H20N2O. The van der Waals surface area contributed by atoms with Gasteiger partial charge in [0.25, 0.3) is 0 Å². The number of piperidine rings is 1. The largest absolute Gasteiger partial charge is 0.338 e. The van der Waals surface area contributed by atoms with Gasteiger partial charge in [0.15, 0.2) is 0 Å². The quantitative estimate of drug-likeness (QED) is 0.710. The highest BCUT2D eigenvalue weighted by Gasteiger charge is 2.26. The molecular weight excluding hydrogens is 164 g/mol. The van der Waals surface area contributed by atoms with E-state index in [1.54, 1.807) is 0 Å². The first-order valence-corrected chi connectivity index (χ1v) is 5.16. The Morgan fingerprint density at radius 1 is 1.46 bits per heavy atom. The number of likely N-dealkylation sites (tertiary alicyclic amines) is 1. The van der Waals surface area contributed by atoms with Crippen molar-refractivity contribution in [2.75, 3.05) is 13.1 Å². The molecule has 0 bridgehead atoms. The average molecular weight is 184 g/mol. The third-order valence-electron chi connectivity index (χ3n) is 2.77. The van der Waals surface area contributed by atoms with Crippen molar-refractivity contribution in [3.63, 3.8) is 0 Å². The van der Waals surface area contributed by atoms with Crippen LogP contribution in [0.25, 0.3) is 0 Å². The first-order chi connectivity index (χ1) is 6.16. The molecule has 0 radical (unpaired) electrons. The maximum atomic E-state index is 11.6. The van der Waals surface area contributed by atoms with Gasteiger partial charge in [0.05, 0.1) is 0 Å². The third kappa shape index (κ3) is 2.44. The minimum Gasteiger partial charge on any atom is -0.338 e. The highest BCUT2D eigenvalue weighted by molar-refractivity contribution is 5.77. The van der Waals surface area contributed by atoms with Gasteiger partial charge in [-0.25, -0.2) is 0 Å². The van der Waals surface area contributed by atoms with Gasteiger partial charge in [0, 0.05) is 25.6 Å². The predicted octanol–water partition coefficient (Wildman–Crippen LogP) is 0.982. The summed E-state index contributed by atoms with van der Waals surface area (Å²) in [6.07, 6.45) is 2.89. The number of amides is 1. The van der Waals surface area contributed by atoms with Crippen LogP contribution >= 0.6 is 0 Å². The molecule has 1 aliphatic rings. The summed E-state index contributed by atoms with van der Waals surface area (Å²) in [5.74, 6) is 0.752. The molecule has 13 heavy (non-hydrogen) atoms. The van der Waals surface area contributed by atoms with Crippen molar-refractivity contribution in [3.8, 4) is 0 Å². The summed E-state index contributed by atoms with van der Waals surface area (Å²) in [5.41, 5.74) is 5.67. The van der Waals surface area contributed by atoms with Crippen molar-refractivity contribution in [2.45, 2.75) is 39.2 Å². The molecule has 76 valence electrons. The molecule has 0 aromatic carbocycles. The average Bonchev–Trinajstić information content (AvgIpc) is 2.09. The van der Waals surface area contributed by atoms with E-state index in [-0.39, 0.29) is 11.9 Å². The molecule has 3 heteroatoms. The first kappa shape index (κ1) is 10.5. The predicted molar refractivity (Wildman–Crippen MR) is 53.2 cm³/mol. The minimum absolute atomic E-state index is 0.243. The van der Waals surface area contributed by atoms with Crippen molar-refractivity contribution >= 4 is 5.91 Å². The zero-order valence-corrected chi connectivity index (χ0v) is 8.62. The minimum atomic E-state index is 0.243. The molecule has 1 fully saturated rings. The Kier molecular flexibility index (Phi) is 3.72. The molecule has 2 N–H and O–H groups in total. The van der Waals surface area contributed by atoms with Gasteiger partial charge >= 0.3 is 0 Å². The summed E-state index contributed by atoms with van der Waals surface area (Å²) >= 11 is 0. The van der Waals surface area contributed by atoms with E-state index in [4.69, 9.17) is 5.73 Å². The molecule has 0 saturated carbocycles. The summed E-state index contributed by atoms with van der Waals surface area (Å²) in [7, 11) is 0. The van der Waals surface area contributed by atoms with Crippen LogP contribution in [0.1, 0.15) is 33.1 Å². The molecule has 1 atom stereocenters. The van der Waals surface area contributed by atoms with E-state index in [0.717, 1.165) is 19.4 Å². The smallest absolute Gasteiger partial charge is 0.222 e. The Bertz CT molecular complexity index is 180. The monoisotopic (exact) mass is 184 g/mol. The van der Waals surface area contributed by atoms with Crippen molar-refractivity contribution < 1.29 is 4.79 Å². The Labute approximate surface area is 80.3 Å². The molecule has 1 saturated heterocycles. The molecule has 0 aromatic heterocycles. The van der Waals surface area contributed by atoms with E-state index in [1.807, 2.05) is 4.90 Å². The summed E-state index contributed by atoms with van der Waals surface area (Å²) in [6.45, 7) is 5.74.